The standard InChI is InChI=1S/C22H18F4N2O3S/c1-3-27-20(29)18-12-19(32(31)17-9-7-15(23)8-10-17)13(2)28(21(18)30)16-6-4-5-14(11-16)22(24,25)26/h4-12H,3H2,1-2H3,(H,27,29). The van der Waals surface area contributed by atoms with Crippen molar-refractivity contribution >= 4 is 16.7 Å². The number of aromatic nitrogens is 1. The van der Waals surface area contributed by atoms with Crippen molar-refractivity contribution in [3.63, 3.8) is 0 Å². The Hall–Kier alpha value is -3.27. The van der Waals surface area contributed by atoms with E-state index in [4.69, 9.17) is 0 Å². The van der Waals surface area contributed by atoms with Gasteiger partial charge in [-0.2, -0.15) is 13.2 Å². The van der Waals surface area contributed by atoms with Crippen LogP contribution in [-0.4, -0.2) is 21.2 Å². The van der Waals surface area contributed by atoms with Crippen molar-refractivity contribution in [2.24, 2.45) is 0 Å². The number of hydrogen-bond donors (Lipinski definition) is 1. The summed E-state index contributed by atoms with van der Waals surface area (Å²) in [7, 11) is -1.94. The second-order valence-corrected chi connectivity index (χ2v) is 8.23. The summed E-state index contributed by atoms with van der Waals surface area (Å²) in [5.41, 5.74) is -2.25. The first-order valence-electron chi connectivity index (χ1n) is 9.44. The average molecular weight is 466 g/mol. The van der Waals surface area contributed by atoms with Crippen molar-refractivity contribution in [1.82, 2.24) is 9.88 Å². The van der Waals surface area contributed by atoms with Crippen molar-refractivity contribution in [2.45, 2.75) is 29.8 Å². The fraction of sp³-hybridized carbons (Fsp3) is 0.182. The Bertz CT molecular complexity index is 1250. The summed E-state index contributed by atoms with van der Waals surface area (Å²) in [6, 6.07) is 10.0. The number of benzene rings is 2. The van der Waals surface area contributed by atoms with Gasteiger partial charge in [-0.05, 0) is 62.4 Å². The van der Waals surface area contributed by atoms with Crippen LogP contribution in [0.25, 0.3) is 5.69 Å². The van der Waals surface area contributed by atoms with E-state index in [-0.39, 0.29) is 33.3 Å². The molecule has 0 aliphatic heterocycles. The lowest BCUT2D eigenvalue weighted by atomic mass is 10.1. The van der Waals surface area contributed by atoms with E-state index in [9.17, 15) is 31.4 Å². The molecule has 0 saturated carbocycles. The molecule has 3 aromatic rings. The summed E-state index contributed by atoms with van der Waals surface area (Å²) in [5.74, 6) is -1.30. The molecule has 2 aromatic carbocycles. The molecule has 0 saturated heterocycles. The molecule has 1 aromatic heterocycles. The first-order chi connectivity index (χ1) is 15.0. The molecule has 5 nitrogen and oxygen atoms in total. The Balaban J connectivity index is 2.29. The molecule has 0 aliphatic carbocycles. The van der Waals surface area contributed by atoms with Gasteiger partial charge in [-0.3, -0.25) is 14.2 Å². The summed E-state index contributed by atoms with van der Waals surface area (Å²) < 4.78 is 67.1. The molecule has 1 atom stereocenters. The fourth-order valence-electron chi connectivity index (χ4n) is 3.10. The van der Waals surface area contributed by atoms with Gasteiger partial charge >= 0.3 is 6.18 Å². The molecule has 32 heavy (non-hydrogen) atoms. The highest BCUT2D eigenvalue weighted by molar-refractivity contribution is 7.85. The van der Waals surface area contributed by atoms with Crippen molar-refractivity contribution in [2.75, 3.05) is 6.54 Å². The number of rotatable bonds is 5. The molecular weight excluding hydrogens is 448 g/mol. The lowest BCUT2D eigenvalue weighted by Gasteiger charge is -2.17. The van der Waals surface area contributed by atoms with Crippen molar-refractivity contribution < 1.29 is 26.6 Å². The summed E-state index contributed by atoms with van der Waals surface area (Å²) in [6.07, 6.45) is -4.65. The maximum atomic E-state index is 13.3. The Kier molecular flexibility index (Phi) is 6.63. The highest BCUT2D eigenvalue weighted by Gasteiger charge is 2.31. The molecule has 0 spiro atoms. The molecule has 0 fully saturated rings. The van der Waals surface area contributed by atoms with E-state index >= 15 is 0 Å². The number of carbonyl (C=O) groups is 1. The van der Waals surface area contributed by atoms with E-state index in [0.29, 0.717) is 0 Å². The number of hydrogen-bond acceptors (Lipinski definition) is 3. The first kappa shape index (κ1) is 23.4. The molecule has 1 heterocycles. The van der Waals surface area contributed by atoms with E-state index in [1.165, 1.54) is 25.1 Å². The molecule has 168 valence electrons. The van der Waals surface area contributed by atoms with E-state index in [1.54, 1.807) is 6.92 Å². The van der Waals surface area contributed by atoms with Gasteiger partial charge < -0.3 is 5.32 Å². The third kappa shape index (κ3) is 4.64. The maximum absolute atomic E-state index is 13.3. The van der Waals surface area contributed by atoms with Gasteiger partial charge in [-0.15, -0.1) is 0 Å². The van der Waals surface area contributed by atoms with Crippen LogP contribution in [0.1, 0.15) is 28.5 Å². The van der Waals surface area contributed by atoms with Gasteiger partial charge in [0.2, 0.25) is 0 Å². The van der Waals surface area contributed by atoms with E-state index < -0.39 is 39.8 Å². The zero-order valence-corrected chi connectivity index (χ0v) is 17.8. The number of alkyl halides is 3. The van der Waals surface area contributed by atoms with Crippen LogP contribution in [0, 0.1) is 12.7 Å². The third-order valence-electron chi connectivity index (χ3n) is 4.64. The van der Waals surface area contributed by atoms with Crippen LogP contribution >= 0.6 is 0 Å². The topological polar surface area (TPSA) is 68.2 Å². The first-order valence-corrected chi connectivity index (χ1v) is 10.6. The van der Waals surface area contributed by atoms with Gasteiger partial charge in [0, 0.05) is 22.8 Å². The van der Waals surface area contributed by atoms with Gasteiger partial charge in [0.25, 0.3) is 11.5 Å². The monoisotopic (exact) mass is 466 g/mol. The number of amides is 1. The summed E-state index contributed by atoms with van der Waals surface area (Å²) >= 11 is 0. The second kappa shape index (κ2) is 9.07. The number of pyridine rings is 1. The second-order valence-electron chi connectivity index (χ2n) is 6.78. The largest absolute Gasteiger partial charge is 0.416 e. The van der Waals surface area contributed by atoms with Crippen LogP contribution in [0.2, 0.25) is 0 Å². The molecule has 0 radical (unpaired) electrons. The number of nitrogens with zero attached hydrogens (tertiary/aromatic N) is 1. The quantitative estimate of drug-likeness (QED) is 0.573. The zero-order valence-electron chi connectivity index (χ0n) is 17.0. The van der Waals surface area contributed by atoms with E-state index in [2.05, 4.69) is 5.32 Å². The highest BCUT2D eigenvalue weighted by Crippen LogP contribution is 2.31. The minimum atomic E-state index is -4.65. The summed E-state index contributed by atoms with van der Waals surface area (Å²) in [4.78, 5) is 25.8. The molecule has 3 rings (SSSR count). The van der Waals surface area contributed by atoms with Crippen LogP contribution in [0.4, 0.5) is 17.6 Å². The minimum Gasteiger partial charge on any atom is -0.352 e. The Labute approximate surface area is 183 Å². The molecule has 1 amide bonds. The van der Waals surface area contributed by atoms with Crippen molar-refractivity contribution in [3.05, 3.63) is 87.6 Å². The molecular formula is C22H18F4N2O3S. The number of nitrogens with one attached hydrogen (secondary N) is 1. The van der Waals surface area contributed by atoms with Gasteiger partial charge in [0.05, 0.1) is 21.3 Å². The van der Waals surface area contributed by atoms with Gasteiger partial charge in [0.1, 0.15) is 11.4 Å². The Morgan fingerprint density at radius 2 is 1.75 bits per heavy atom. The van der Waals surface area contributed by atoms with Gasteiger partial charge in [0.15, 0.2) is 0 Å². The molecule has 1 N–H and O–H groups in total. The Morgan fingerprint density at radius 1 is 1.09 bits per heavy atom. The molecule has 10 heteroatoms. The van der Waals surface area contributed by atoms with Gasteiger partial charge in [-0.1, -0.05) is 6.07 Å². The van der Waals surface area contributed by atoms with Crippen molar-refractivity contribution in [1.29, 1.82) is 0 Å². The van der Waals surface area contributed by atoms with Crippen LogP contribution in [0.5, 0.6) is 0 Å². The lowest BCUT2D eigenvalue weighted by molar-refractivity contribution is -0.137. The van der Waals surface area contributed by atoms with Crippen molar-refractivity contribution in [3.8, 4) is 5.69 Å². The molecule has 1 unspecified atom stereocenters. The lowest BCUT2D eigenvalue weighted by Crippen LogP contribution is -2.34. The summed E-state index contributed by atoms with van der Waals surface area (Å²) in [6.45, 7) is 3.25. The van der Waals surface area contributed by atoms with Crippen LogP contribution < -0.4 is 10.9 Å². The summed E-state index contributed by atoms with van der Waals surface area (Å²) in [5, 5.41) is 2.47. The zero-order chi connectivity index (χ0) is 23.6. The number of halogens is 4. The fourth-order valence-corrected chi connectivity index (χ4v) is 4.33. The van der Waals surface area contributed by atoms with Gasteiger partial charge in [-0.25, -0.2) is 8.60 Å². The number of carbonyl (C=O) groups excluding carboxylic acids is 1. The SMILES string of the molecule is CCNC(=O)c1cc(S(=O)c2ccc(F)cc2)c(C)n(-c2cccc(C(F)(F)F)c2)c1=O. The third-order valence-corrected chi connectivity index (χ3v) is 6.16. The normalized spacial score (nSPS) is 12.4. The maximum Gasteiger partial charge on any atom is 0.416 e. The smallest absolute Gasteiger partial charge is 0.352 e. The Morgan fingerprint density at radius 3 is 2.34 bits per heavy atom. The van der Waals surface area contributed by atoms with Crippen LogP contribution in [0.3, 0.4) is 0 Å². The average Bonchev–Trinajstić information content (AvgIpc) is 2.74. The minimum absolute atomic E-state index is 0.0369. The van der Waals surface area contributed by atoms with E-state index in [0.717, 1.165) is 41.0 Å². The highest BCUT2D eigenvalue weighted by atomic mass is 32.2. The molecule has 0 aliphatic rings. The van der Waals surface area contributed by atoms with Crippen LogP contribution in [0.15, 0.2) is 69.2 Å². The molecule has 0 bridgehead atoms. The van der Waals surface area contributed by atoms with E-state index in [1.807, 2.05) is 0 Å². The predicted molar refractivity (Wildman–Crippen MR) is 111 cm³/mol. The predicted octanol–water partition coefficient (Wildman–Crippen LogP) is 4.22. The van der Waals surface area contributed by atoms with Crippen LogP contribution in [-0.2, 0) is 17.0 Å².